The first kappa shape index (κ1) is 18.4. The number of nitrogens with zero attached hydrogens (tertiary/aromatic N) is 2. The molecule has 3 rings (SSSR count). The predicted molar refractivity (Wildman–Crippen MR) is 89.8 cm³/mol. The van der Waals surface area contributed by atoms with Gasteiger partial charge in [-0.3, -0.25) is 9.69 Å². The van der Waals surface area contributed by atoms with Gasteiger partial charge in [-0.1, -0.05) is 25.1 Å². The molecule has 0 saturated carbocycles. The molecular formula is C18H20F3N3O2. The van der Waals surface area contributed by atoms with Gasteiger partial charge in [0.2, 0.25) is 0 Å². The van der Waals surface area contributed by atoms with Crippen molar-refractivity contribution in [1.82, 2.24) is 14.9 Å². The fourth-order valence-electron chi connectivity index (χ4n) is 3.12. The fraction of sp³-hybridized carbons (Fsp3) is 0.444. The topological polar surface area (TPSA) is 58.2 Å². The monoisotopic (exact) mass is 367 g/mol. The number of aromatic amines is 1. The molecule has 140 valence electrons. The molecule has 0 aliphatic carbocycles. The Hall–Kier alpha value is -2.35. The lowest BCUT2D eigenvalue weighted by Crippen LogP contribution is -2.36. The fourth-order valence-corrected chi connectivity index (χ4v) is 3.12. The van der Waals surface area contributed by atoms with Crippen molar-refractivity contribution >= 4 is 0 Å². The third-order valence-electron chi connectivity index (χ3n) is 4.28. The molecule has 1 aliphatic heterocycles. The Labute approximate surface area is 148 Å². The number of hydrogen-bond donors (Lipinski definition) is 1. The van der Waals surface area contributed by atoms with E-state index in [0.717, 1.165) is 12.1 Å². The van der Waals surface area contributed by atoms with Gasteiger partial charge >= 0.3 is 6.36 Å². The van der Waals surface area contributed by atoms with Crippen molar-refractivity contribution < 1.29 is 17.9 Å². The first-order valence-corrected chi connectivity index (χ1v) is 8.52. The van der Waals surface area contributed by atoms with E-state index >= 15 is 0 Å². The molecule has 0 amide bonds. The molecule has 0 unspecified atom stereocenters. The predicted octanol–water partition coefficient (Wildman–Crippen LogP) is 3.18. The highest BCUT2D eigenvalue weighted by Crippen LogP contribution is 2.28. The van der Waals surface area contributed by atoms with Gasteiger partial charge in [-0.05, 0) is 12.5 Å². The summed E-state index contributed by atoms with van der Waals surface area (Å²) in [5, 5.41) is 0. The molecule has 1 aromatic heterocycles. The minimum absolute atomic E-state index is 0.164. The smallest absolute Gasteiger partial charge is 0.405 e. The van der Waals surface area contributed by atoms with E-state index in [2.05, 4.69) is 14.7 Å². The number of hydrogen-bond acceptors (Lipinski definition) is 4. The van der Waals surface area contributed by atoms with Crippen LogP contribution in [0.15, 0.2) is 29.1 Å². The number of alkyl halides is 3. The summed E-state index contributed by atoms with van der Waals surface area (Å²) < 4.78 is 41.8. The highest BCUT2D eigenvalue weighted by Gasteiger charge is 2.32. The van der Waals surface area contributed by atoms with Crippen molar-refractivity contribution in [2.24, 2.45) is 0 Å². The van der Waals surface area contributed by atoms with Gasteiger partial charge in [0.1, 0.15) is 11.6 Å². The minimum atomic E-state index is -4.73. The summed E-state index contributed by atoms with van der Waals surface area (Å²) in [5.41, 5.74) is 1.64. The second kappa shape index (κ2) is 7.49. The van der Waals surface area contributed by atoms with Gasteiger partial charge in [-0.25, -0.2) is 4.98 Å². The van der Waals surface area contributed by atoms with Gasteiger partial charge in [0.25, 0.3) is 5.56 Å². The largest absolute Gasteiger partial charge is 0.573 e. The SMILES string of the molecule is CCCc1nc2c(c(=O)[nH]1)CN(Cc1ccccc1OC(F)(F)F)CC2. The average Bonchev–Trinajstić information content (AvgIpc) is 2.56. The lowest BCUT2D eigenvalue weighted by molar-refractivity contribution is -0.275. The summed E-state index contributed by atoms with van der Waals surface area (Å²) in [6, 6.07) is 6.07. The van der Waals surface area contributed by atoms with E-state index in [1.54, 1.807) is 12.1 Å². The van der Waals surface area contributed by atoms with Crippen LogP contribution in [-0.4, -0.2) is 27.8 Å². The molecule has 1 aliphatic rings. The molecule has 0 saturated heterocycles. The van der Waals surface area contributed by atoms with E-state index in [-0.39, 0.29) is 17.9 Å². The van der Waals surface area contributed by atoms with Crippen LogP contribution in [-0.2, 0) is 25.9 Å². The molecular weight excluding hydrogens is 347 g/mol. The first-order valence-electron chi connectivity index (χ1n) is 8.52. The highest BCUT2D eigenvalue weighted by atomic mass is 19.4. The van der Waals surface area contributed by atoms with Crippen molar-refractivity contribution in [3.8, 4) is 5.75 Å². The van der Waals surface area contributed by atoms with Crippen molar-refractivity contribution in [3.05, 3.63) is 57.3 Å². The van der Waals surface area contributed by atoms with Crippen molar-refractivity contribution in [1.29, 1.82) is 0 Å². The molecule has 2 heterocycles. The summed E-state index contributed by atoms with van der Waals surface area (Å²) in [4.78, 5) is 21.6. The number of ether oxygens (including phenoxy) is 1. The molecule has 26 heavy (non-hydrogen) atoms. The maximum atomic E-state index is 12.6. The number of aromatic nitrogens is 2. The number of rotatable bonds is 5. The Kier molecular flexibility index (Phi) is 5.31. The molecule has 0 spiro atoms. The molecule has 0 atom stereocenters. The minimum Gasteiger partial charge on any atom is -0.405 e. The van der Waals surface area contributed by atoms with Gasteiger partial charge in [0.15, 0.2) is 0 Å². The molecule has 0 fully saturated rings. The Morgan fingerprint density at radius 3 is 2.81 bits per heavy atom. The van der Waals surface area contributed by atoms with Gasteiger partial charge in [0, 0.05) is 38.0 Å². The van der Waals surface area contributed by atoms with Gasteiger partial charge in [-0.15, -0.1) is 13.2 Å². The van der Waals surface area contributed by atoms with E-state index < -0.39 is 6.36 Å². The third kappa shape index (κ3) is 4.43. The van der Waals surface area contributed by atoms with E-state index in [1.165, 1.54) is 12.1 Å². The molecule has 5 nitrogen and oxygen atoms in total. The summed E-state index contributed by atoms with van der Waals surface area (Å²) in [7, 11) is 0. The molecule has 1 aromatic carbocycles. The van der Waals surface area contributed by atoms with E-state index in [9.17, 15) is 18.0 Å². The van der Waals surface area contributed by atoms with Crippen LogP contribution in [0.5, 0.6) is 5.75 Å². The first-order chi connectivity index (χ1) is 12.4. The van der Waals surface area contributed by atoms with Crippen LogP contribution >= 0.6 is 0 Å². The molecule has 2 aromatic rings. The van der Waals surface area contributed by atoms with Crippen molar-refractivity contribution in [2.75, 3.05) is 6.54 Å². The maximum Gasteiger partial charge on any atom is 0.573 e. The van der Waals surface area contributed by atoms with E-state index in [1.807, 2.05) is 11.8 Å². The normalized spacial score (nSPS) is 14.9. The van der Waals surface area contributed by atoms with Crippen LogP contribution in [0.2, 0.25) is 0 Å². The maximum absolute atomic E-state index is 12.6. The number of halogens is 3. The number of H-pyrrole nitrogens is 1. The lowest BCUT2D eigenvalue weighted by Gasteiger charge is -2.28. The standard InChI is InChI=1S/C18H20F3N3O2/c1-2-5-16-22-14-8-9-24(11-13(14)17(25)23-16)10-12-6-3-4-7-15(12)26-18(19,20)21/h3-4,6-7H,2,5,8-11H2,1H3,(H,22,23,25). The van der Waals surface area contributed by atoms with E-state index in [4.69, 9.17) is 0 Å². The van der Waals surface area contributed by atoms with Crippen LogP contribution in [0.25, 0.3) is 0 Å². The lowest BCUT2D eigenvalue weighted by atomic mass is 10.1. The van der Waals surface area contributed by atoms with Gasteiger partial charge < -0.3 is 9.72 Å². The zero-order valence-corrected chi connectivity index (χ0v) is 14.4. The van der Waals surface area contributed by atoms with Crippen LogP contribution in [0.3, 0.4) is 0 Å². The molecule has 0 radical (unpaired) electrons. The van der Waals surface area contributed by atoms with Gasteiger partial charge in [-0.2, -0.15) is 0 Å². The number of nitrogens with one attached hydrogen (secondary N) is 1. The number of aryl methyl sites for hydroxylation is 1. The number of fused-ring (bicyclic) bond motifs is 1. The summed E-state index contributed by atoms with van der Waals surface area (Å²) in [5.74, 6) is 0.477. The van der Waals surface area contributed by atoms with Crippen molar-refractivity contribution in [3.63, 3.8) is 0 Å². The summed E-state index contributed by atoms with van der Waals surface area (Å²) >= 11 is 0. The zero-order valence-electron chi connectivity index (χ0n) is 14.4. The third-order valence-corrected chi connectivity index (χ3v) is 4.28. The molecule has 0 bridgehead atoms. The zero-order chi connectivity index (χ0) is 18.7. The second-order valence-corrected chi connectivity index (χ2v) is 6.30. The second-order valence-electron chi connectivity index (χ2n) is 6.30. The summed E-state index contributed by atoms with van der Waals surface area (Å²) in [6.45, 7) is 3.25. The Morgan fingerprint density at radius 2 is 2.08 bits per heavy atom. The quantitative estimate of drug-likeness (QED) is 0.882. The Balaban J connectivity index is 1.78. The van der Waals surface area contributed by atoms with E-state index in [0.29, 0.717) is 42.9 Å². The molecule has 1 N–H and O–H groups in total. The number of para-hydroxylation sites is 1. The Morgan fingerprint density at radius 1 is 1.31 bits per heavy atom. The molecule has 8 heteroatoms. The number of benzene rings is 1. The van der Waals surface area contributed by atoms with Crippen molar-refractivity contribution in [2.45, 2.75) is 45.6 Å². The Bertz CT molecular complexity index is 833. The average molecular weight is 367 g/mol. The van der Waals surface area contributed by atoms with Crippen LogP contribution in [0.4, 0.5) is 13.2 Å². The van der Waals surface area contributed by atoms with Crippen LogP contribution in [0.1, 0.15) is 36.0 Å². The van der Waals surface area contributed by atoms with Crippen LogP contribution in [0, 0.1) is 0 Å². The summed E-state index contributed by atoms with van der Waals surface area (Å²) in [6.07, 6.45) is -2.53. The van der Waals surface area contributed by atoms with Gasteiger partial charge in [0.05, 0.1) is 11.3 Å². The van der Waals surface area contributed by atoms with Crippen LogP contribution < -0.4 is 10.3 Å². The highest BCUT2D eigenvalue weighted by molar-refractivity contribution is 5.34.